The number of hydrogen-bond donors (Lipinski definition) is 2. The number of hydrogen-bond acceptors (Lipinski definition) is 2. The van der Waals surface area contributed by atoms with Crippen molar-refractivity contribution in [2.75, 3.05) is 10.6 Å². The van der Waals surface area contributed by atoms with Crippen LogP contribution >= 0.6 is 11.6 Å². The van der Waals surface area contributed by atoms with Gasteiger partial charge in [0, 0.05) is 10.7 Å². The topological polar surface area (TPSA) is 64.9 Å². The maximum absolute atomic E-state index is 11.9. The van der Waals surface area contributed by atoms with Crippen molar-refractivity contribution in [1.29, 1.82) is 5.26 Å². The van der Waals surface area contributed by atoms with Crippen LogP contribution in [0.25, 0.3) is 0 Å². The van der Waals surface area contributed by atoms with Crippen LogP contribution in [0.15, 0.2) is 42.5 Å². The predicted molar refractivity (Wildman–Crippen MR) is 80.0 cm³/mol. The molecule has 0 fully saturated rings. The lowest BCUT2D eigenvalue weighted by Crippen LogP contribution is -2.20. The van der Waals surface area contributed by atoms with Gasteiger partial charge in [-0.1, -0.05) is 23.7 Å². The zero-order valence-corrected chi connectivity index (χ0v) is 11.5. The molecular weight excluding hydrogens is 274 g/mol. The fraction of sp³-hybridized carbons (Fsp3) is 0.0667. The molecule has 4 nitrogen and oxygen atoms in total. The Morgan fingerprint density at radius 2 is 2.00 bits per heavy atom. The summed E-state index contributed by atoms with van der Waals surface area (Å²) in [5.74, 6) is 0. The molecule has 0 saturated carbocycles. The Morgan fingerprint density at radius 1 is 1.20 bits per heavy atom. The van der Waals surface area contributed by atoms with Gasteiger partial charge in [-0.25, -0.2) is 4.79 Å². The van der Waals surface area contributed by atoms with Crippen LogP contribution in [0.4, 0.5) is 16.2 Å². The average molecular weight is 286 g/mol. The van der Waals surface area contributed by atoms with Gasteiger partial charge >= 0.3 is 6.03 Å². The first kappa shape index (κ1) is 13.9. The highest BCUT2D eigenvalue weighted by Crippen LogP contribution is 2.20. The largest absolute Gasteiger partial charge is 0.323 e. The Balaban J connectivity index is 2.13. The molecule has 0 bridgehead atoms. The summed E-state index contributed by atoms with van der Waals surface area (Å²) < 4.78 is 0. The Morgan fingerprint density at radius 3 is 2.70 bits per heavy atom. The second-order valence-electron chi connectivity index (χ2n) is 4.25. The van der Waals surface area contributed by atoms with Gasteiger partial charge in [0.15, 0.2) is 0 Å². The van der Waals surface area contributed by atoms with Gasteiger partial charge in [0.25, 0.3) is 0 Å². The van der Waals surface area contributed by atoms with E-state index in [1.807, 2.05) is 31.2 Å². The van der Waals surface area contributed by atoms with E-state index in [1.54, 1.807) is 18.2 Å². The molecule has 0 aliphatic carbocycles. The van der Waals surface area contributed by atoms with E-state index in [0.29, 0.717) is 22.0 Å². The molecule has 0 heterocycles. The first-order valence-corrected chi connectivity index (χ1v) is 6.30. The minimum Gasteiger partial charge on any atom is -0.308 e. The van der Waals surface area contributed by atoms with Crippen LogP contribution in [-0.4, -0.2) is 6.03 Å². The molecule has 0 aromatic heterocycles. The van der Waals surface area contributed by atoms with Crippen molar-refractivity contribution in [3.05, 3.63) is 58.6 Å². The highest BCUT2D eigenvalue weighted by Gasteiger charge is 2.07. The number of urea groups is 1. The first-order valence-electron chi connectivity index (χ1n) is 5.93. The Bertz CT molecular complexity index is 692. The monoisotopic (exact) mass is 285 g/mol. The number of nitriles is 1. The molecule has 0 atom stereocenters. The van der Waals surface area contributed by atoms with E-state index in [2.05, 4.69) is 10.6 Å². The third-order valence-corrected chi connectivity index (χ3v) is 2.86. The fourth-order valence-electron chi connectivity index (χ4n) is 1.72. The van der Waals surface area contributed by atoms with Crippen molar-refractivity contribution in [2.24, 2.45) is 0 Å². The number of carbonyl (C=O) groups excluding carboxylic acids is 1. The number of nitrogens with one attached hydrogen (secondary N) is 2. The van der Waals surface area contributed by atoms with Crippen LogP contribution in [0.5, 0.6) is 0 Å². The Labute approximate surface area is 122 Å². The van der Waals surface area contributed by atoms with Crippen molar-refractivity contribution >= 4 is 29.0 Å². The molecule has 0 unspecified atom stereocenters. The highest BCUT2D eigenvalue weighted by molar-refractivity contribution is 6.31. The van der Waals surface area contributed by atoms with Crippen LogP contribution in [0.2, 0.25) is 5.02 Å². The maximum Gasteiger partial charge on any atom is 0.323 e. The average Bonchev–Trinajstić information content (AvgIpc) is 2.38. The maximum atomic E-state index is 11.9. The normalized spacial score (nSPS) is 9.65. The first-order chi connectivity index (χ1) is 9.58. The molecule has 0 saturated heterocycles. The fourth-order valence-corrected chi connectivity index (χ4v) is 1.90. The second kappa shape index (κ2) is 6.09. The molecule has 0 aliphatic heterocycles. The molecule has 2 amide bonds. The summed E-state index contributed by atoms with van der Waals surface area (Å²) in [4.78, 5) is 11.9. The van der Waals surface area contributed by atoms with E-state index in [-0.39, 0.29) is 0 Å². The van der Waals surface area contributed by atoms with Crippen molar-refractivity contribution in [1.82, 2.24) is 0 Å². The van der Waals surface area contributed by atoms with Gasteiger partial charge in [-0.15, -0.1) is 0 Å². The summed E-state index contributed by atoms with van der Waals surface area (Å²) in [5.41, 5.74) is 2.46. The Kier molecular flexibility index (Phi) is 4.24. The zero-order chi connectivity index (χ0) is 14.5. The van der Waals surface area contributed by atoms with E-state index in [9.17, 15) is 4.79 Å². The lowest BCUT2D eigenvalue weighted by molar-refractivity contribution is 0.262. The van der Waals surface area contributed by atoms with E-state index in [4.69, 9.17) is 16.9 Å². The predicted octanol–water partition coefficient (Wildman–Crippen LogP) is 4.16. The number of aryl methyl sites for hydroxylation is 1. The zero-order valence-electron chi connectivity index (χ0n) is 10.8. The minimum atomic E-state index is -0.422. The summed E-state index contributed by atoms with van der Waals surface area (Å²) in [6.45, 7) is 1.94. The molecule has 5 heteroatoms. The molecule has 0 spiro atoms. The van der Waals surface area contributed by atoms with E-state index >= 15 is 0 Å². The lowest BCUT2D eigenvalue weighted by Gasteiger charge is -2.09. The van der Waals surface area contributed by atoms with Crippen LogP contribution in [0.3, 0.4) is 0 Å². The van der Waals surface area contributed by atoms with Crippen LogP contribution in [-0.2, 0) is 0 Å². The molecule has 100 valence electrons. The van der Waals surface area contributed by atoms with Crippen LogP contribution in [0, 0.1) is 18.3 Å². The molecule has 2 aromatic carbocycles. The standard InChI is InChI=1S/C15H12ClN3O/c1-10-3-2-4-13(7-10)18-15(20)19-14-8-12(16)6-5-11(14)9-17/h2-8H,1H3,(H2,18,19,20). The van der Waals surface area contributed by atoms with Gasteiger partial charge in [0.1, 0.15) is 6.07 Å². The van der Waals surface area contributed by atoms with Crippen LogP contribution < -0.4 is 10.6 Å². The number of benzene rings is 2. The number of rotatable bonds is 2. The smallest absolute Gasteiger partial charge is 0.308 e. The molecule has 2 rings (SSSR count). The van der Waals surface area contributed by atoms with Gasteiger partial charge in [-0.05, 0) is 42.8 Å². The summed E-state index contributed by atoms with van der Waals surface area (Å²) in [6, 6.07) is 13.7. The molecule has 2 N–H and O–H groups in total. The van der Waals surface area contributed by atoms with E-state index in [0.717, 1.165) is 5.56 Å². The lowest BCUT2D eigenvalue weighted by atomic mass is 10.2. The number of amides is 2. The van der Waals surface area contributed by atoms with Gasteiger partial charge < -0.3 is 10.6 Å². The van der Waals surface area contributed by atoms with Crippen molar-refractivity contribution in [2.45, 2.75) is 6.92 Å². The highest BCUT2D eigenvalue weighted by atomic mass is 35.5. The van der Waals surface area contributed by atoms with E-state index < -0.39 is 6.03 Å². The number of carbonyl (C=O) groups is 1. The second-order valence-corrected chi connectivity index (χ2v) is 4.69. The van der Waals surface area contributed by atoms with Crippen molar-refractivity contribution in [3.8, 4) is 6.07 Å². The molecule has 0 radical (unpaired) electrons. The Hall–Kier alpha value is -2.51. The SMILES string of the molecule is Cc1cccc(NC(=O)Nc2cc(Cl)ccc2C#N)c1. The molecule has 20 heavy (non-hydrogen) atoms. The van der Waals surface area contributed by atoms with Crippen molar-refractivity contribution < 1.29 is 4.79 Å². The quantitative estimate of drug-likeness (QED) is 0.870. The van der Waals surface area contributed by atoms with E-state index in [1.165, 1.54) is 6.07 Å². The van der Waals surface area contributed by atoms with Crippen LogP contribution in [0.1, 0.15) is 11.1 Å². The van der Waals surface area contributed by atoms with Gasteiger partial charge in [-0.3, -0.25) is 0 Å². The third-order valence-electron chi connectivity index (χ3n) is 2.63. The number of halogens is 1. The summed E-state index contributed by atoms with van der Waals surface area (Å²) in [7, 11) is 0. The third kappa shape index (κ3) is 3.50. The summed E-state index contributed by atoms with van der Waals surface area (Å²) >= 11 is 5.86. The summed E-state index contributed by atoms with van der Waals surface area (Å²) in [6.07, 6.45) is 0. The minimum absolute atomic E-state index is 0.355. The molecule has 2 aromatic rings. The number of nitrogens with zero attached hydrogens (tertiary/aromatic N) is 1. The van der Waals surface area contributed by atoms with Crippen molar-refractivity contribution in [3.63, 3.8) is 0 Å². The molecule has 0 aliphatic rings. The number of anilines is 2. The van der Waals surface area contributed by atoms with Gasteiger partial charge in [0.05, 0.1) is 11.3 Å². The van der Waals surface area contributed by atoms with Gasteiger partial charge in [-0.2, -0.15) is 5.26 Å². The molecular formula is C15H12ClN3O. The van der Waals surface area contributed by atoms with Gasteiger partial charge in [0.2, 0.25) is 0 Å². The summed E-state index contributed by atoms with van der Waals surface area (Å²) in [5, 5.41) is 14.7.